The monoisotopic (exact) mass is 238 g/mol. The molecule has 0 radical (unpaired) electrons. The van der Waals surface area contributed by atoms with Crippen molar-refractivity contribution in [3.8, 4) is 5.88 Å². The summed E-state index contributed by atoms with van der Waals surface area (Å²) in [6, 6.07) is -0.0939. The van der Waals surface area contributed by atoms with Gasteiger partial charge in [0, 0.05) is 18.3 Å². The first-order chi connectivity index (χ1) is 8.26. The molecule has 1 fully saturated rings. The van der Waals surface area contributed by atoms with Crippen molar-refractivity contribution in [3.63, 3.8) is 0 Å². The van der Waals surface area contributed by atoms with Crippen molar-refractivity contribution in [1.29, 1.82) is 0 Å². The van der Waals surface area contributed by atoms with E-state index in [4.69, 9.17) is 15.3 Å². The van der Waals surface area contributed by atoms with Gasteiger partial charge in [0.25, 0.3) is 0 Å². The first-order valence-electron chi connectivity index (χ1n) is 5.69. The summed E-state index contributed by atoms with van der Waals surface area (Å²) in [6.07, 6.45) is 4.46. The van der Waals surface area contributed by atoms with E-state index >= 15 is 0 Å². The number of hydrazine groups is 1. The molecule has 1 aromatic rings. The molecule has 6 nitrogen and oxygen atoms in total. The van der Waals surface area contributed by atoms with Crippen molar-refractivity contribution in [3.05, 3.63) is 18.1 Å². The molecule has 0 spiro atoms. The number of nitrogens with one attached hydrogen (secondary N) is 1. The van der Waals surface area contributed by atoms with Crippen LogP contribution in [0.3, 0.4) is 0 Å². The lowest BCUT2D eigenvalue weighted by atomic mass is 9.95. The van der Waals surface area contributed by atoms with Crippen LogP contribution in [0, 0.1) is 5.92 Å². The minimum Gasteiger partial charge on any atom is -0.480 e. The number of rotatable bonds is 4. The maximum atomic E-state index is 5.62. The Balaban J connectivity index is 2.22. The Labute approximate surface area is 101 Å². The number of nitrogens with zero attached hydrogens (tertiary/aromatic N) is 2. The summed E-state index contributed by atoms with van der Waals surface area (Å²) in [5.74, 6) is 6.43. The molecular formula is C11H18N4O2. The third-order valence-corrected chi connectivity index (χ3v) is 3.06. The summed E-state index contributed by atoms with van der Waals surface area (Å²) in [5, 5.41) is 0. The van der Waals surface area contributed by atoms with Crippen LogP contribution in [0.2, 0.25) is 0 Å². The Morgan fingerprint density at radius 3 is 2.88 bits per heavy atom. The highest BCUT2D eigenvalue weighted by atomic mass is 16.5. The Hall–Kier alpha value is -1.24. The Morgan fingerprint density at radius 2 is 2.29 bits per heavy atom. The smallest absolute Gasteiger partial charge is 0.237 e. The van der Waals surface area contributed by atoms with Gasteiger partial charge in [-0.15, -0.1) is 0 Å². The van der Waals surface area contributed by atoms with Gasteiger partial charge in [0.05, 0.1) is 25.9 Å². The second-order valence-corrected chi connectivity index (χ2v) is 4.23. The number of ether oxygens (including phenoxy) is 2. The van der Waals surface area contributed by atoms with Crippen LogP contribution in [-0.2, 0) is 4.74 Å². The molecule has 0 saturated carbocycles. The normalized spacial score (nSPS) is 25.8. The Morgan fingerprint density at radius 1 is 1.53 bits per heavy atom. The van der Waals surface area contributed by atoms with Gasteiger partial charge in [0.15, 0.2) is 0 Å². The topological polar surface area (TPSA) is 82.3 Å². The maximum absolute atomic E-state index is 5.62. The third-order valence-electron chi connectivity index (χ3n) is 3.06. The van der Waals surface area contributed by atoms with Crippen molar-refractivity contribution in [2.75, 3.05) is 13.7 Å². The number of aromatic nitrogens is 2. The first-order valence-corrected chi connectivity index (χ1v) is 5.69. The molecular weight excluding hydrogens is 220 g/mol. The highest BCUT2D eigenvalue weighted by Crippen LogP contribution is 2.33. The van der Waals surface area contributed by atoms with E-state index in [-0.39, 0.29) is 12.1 Å². The number of methoxy groups -OCH3 is 1. The third kappa shape index (κ3) is 2.54. The average Bonchev–Trinajstić information content (AvgIpc) is 2.77. The molecule has 94 valence electrons. The van der Waals surface area contributed by atoms with Gasteiger partial charge < -0.3 is 9.47 Å². The molecule has 0 bridgehead atoms. The predicted molar refractivity (Wildman–Crippen MR) is 62.2 cm³/mol. The molecule has 3 atom stereocenters. The fraction of sp³-hybridized carbons (Fsp3) is 0.636. The van der Waals surface area contributed by atoms with E-state index in [1.165, 1.54) is 0 Å². The number of nitrogens with two attached hydrogens (primary N) is 1. The van der Waals surface area contributed by atoms with Gasteiger partial charge in [0.2, 0.25) is 5.88 Å². The second-order valence-electron chi connectivity index (χ2n) is 4.23. The summed E-state index contributed by atoms with van der Waals surface area (Å²) in [4.78, 5) is 8.44. The van der Waals surface area contributed by atoms with Crippen LogP contribution in [0.25, 0.3) is 0 Å². The fourth-order valence-electron chi connectivity index (χ4n) is 2.23. The molecule has 0 aromatic carbocycles. The molecule has 0 amide bonds. The molecule has 3 unspecified atom stereocenters. The van der Waals surface area contributed by atoms with Crippen LogP contribution in [0.1, 0.15) is 25.1 Å². The average molecular weight is 238 g/mol. The molecule has 1 aliphatic heterocycles. The van der Waals surface area contributed by atoms with Gasteiger partial charge in [-0.3, -0.25) is 16.3 Å². The van der Waals surface area contributed by atoms with E-state index in [9.17, 15) is 0 Å². The van der Waals surface area contributed by atoms with Crippen LogP contribution in [0.5, 0.6) is 5.88 Å². The summed E-state index contributed by atoms with van der Waals surface area (Å²) in [6.45, 7) is 2.73. The summed E-state index contributed by atoms with van der Waals surface area (Å²) < 4.78 is 10.8. The van der Waals surface area contributed by atoms with Crippen LogP contribution in [0.15, 0.2) is 12.4 Å². The second kappa shape index (κ2) is 5.39. The highest BCUT2D eigenvalue weighted by molar-refractivity contribution is 5.22. The van der Waals surface area contributed by atoms with Crippen LogP contribution < -0.4 is 16.0 Å². The van der Waals surface area contributed by atoms with Crippen LogP contribution in [0.4, 0.5) is 0 Å². The van der Waals surface area contributed by atoms with Crippen molar-refractivity contribution in [2.24, 2.45) is 11.8 Å². The quantitative estimate of drug-likeness (QED) is 0.584. The lowest BCUT2D eigenvalue weighted by Gasteiger charge is -2.21. The van der Waals surface area contributed by atoms with E-state index in [0.29, 0.717) is 18.4 Å². The molecule has 1 saturated heterocycles. The number of hydrogen-bond acceptors (Lipinski definition) is 6. The zero-order valence-electron chi connectivity index (χ0n) is 10.1. The lowest BCUT2D eigenvalue weighted by molar-refractivity contribution is 0.116. The molecule has 2 rings (SSSR count). The van der Waals surface area contributed by atoms with Gasteiger partial charge in [-0.2, -0.15) is 0 Å². The van der Waals surface area contributed by atoms with Crippen molar-refractivity contribution in [2.45, 2.75) is 25.5 Å². The predicted octanol–water partition coefficient (Wildman–Crippen LogP) is 0.415. The summed E-state index contributed by atoms with van der Waals surface area (Å²) in [7, 11) is 1.58. The fourth-order valence-corrected chi connectivity index (χ4v) is 2.23. The minimum atomic E-state index is -0.0939. The molecule has 2 heterocycles. The first kappa shape index (κ1) is 12.2. The largest absolute Gasteiger partial charge is 0.480 e. The van der Waals surface area contributed by atoms with Gasteiger partial charge >= 0.3 is 0 Å². The number of hydrogen-bond donors (Lipinski definition) is 2. The SMILES string of the molecule is COc1nccnc1C(NN)C1COC(C)C1. The molecule has 0 aliphatic carbocycles. The molecule has 1 aliphatic rings. The zero-order chi connectivity index (χ0) is 12.3. The van der Waals surface area contributed by atoms with Gasteiger partial charge in [-0.25, -0.2) is 4.98 Å². The van der Waals surface area contributed by atoms with Crippen molar-refractivity contribution >= 4 is 0 Å². The van der Waals surface area contributed by atoms with E-state index < -0.39 is 0 Å². The molecule has 17 heavy (non-hydrogen) atoms. The molecule has 6 heteroatoms. The van der Waals surface area contributed by atoms with Gasteiger partial charge in [-0.1, -0.05) is 0 Å². The summed E-state index contributed by atoms with van der Waals surface area (Å²) in [5.41, 5.74) is 3.53. The molecule has 1 aromatic heterocycles. The standard InChI is InChI=1S/C11H18N4O2/c1-7-5-8(6-17-7)9(15-12)10-11(16-2)14-4-3-13-10/h3-4,7-9,15H,5-6,12H2,1-2H3. The van der Waals surface area contributed by atoms with E-state index in [1.807, 2.05) is 0 Å². The Kier molecular flexibility index (Phi) is 3.88. The van der Waals surface area contributed by atoms with Gasteiger partial charge in [0.1, 0.15) is 5.69 Å². The lowest BCUT2D eigenvalue weighted by Crippen LogP contribution is -2.35. The van der Waals surface area contributed by atoms with E-state index in [0.717, 1.165) is 12.1 Å². The maximum Gasteiger partial charge on any atom is 0.237 e. The zero-order valence-corrected chi connectivity index (χ0v) is 10.1. The van der Waals surface area contributed by atoms with Crippen molar-refractivity contribution < 1.29 is 9.47 Å². The van der Waals surface area contributed by atoms with Gasteiger partial charge in [-0.05, 0) is 13.3 Å². The Bertz CT molecular complexity index is 374. The van der Waals surface area contributed by atoms with E-state index in [1.54, 1.807) is 19.5 Å². The summed E-state index contributed by atoms with van der Waals surface area (Å²) >= 11 is 0. The van der Waals surface area contributed by atoms with Crippen molar-refractivity contribution in [1.82, 2.24) is 15.4 Å². The van der Waals surface area contributed by atoms with Crippen LogP contribution >= 0.6 is 0 Å². The van der Waals surface area contributed by atoms with Crippen LogP contribution in [-0.4, -0.2) is 29.8 Å². The highest BCUT2D eigenvalue weighted by Gasteiger charge is 2.32. The minimum absolute atomic E-state index is 0.0939. The van der Waals surface area contributed by atoms with E-state index in [2.05, 4.69) is 22.3 Å². The molecule has 3 N–H and O–H groups in total.